The predicted molar refractivity (Wildman–Crippen MR) is 73.0 cm³/mol. The van der Waals surface area contributed by atoms with Gasteiger partial charge in [-0.15, -0.1) is 0 Å². The van der Waals surface area contributed by atoms with Gasteiger partial charge in [-0.05, 0) is 38.6 Å². The number of carbonyl (C=O) groups excluding carboxylic acids is 3. The average Bonchev–Trinajstić information content (AvgIpc) is 2.34. The Morgan fingerprint density at radius 1 is 1.32 bits per heavy atom. The molecule has 0 aromatic heterocycles. The molecule has 1 radical (unpaired) electrons. The maximum Gasteiger partial charge on any atom is 0.248 e. The molecule has 1 amide bonds. The van der Waals surface area contributed by atoms with Crippen LogP contribution in [-0.4, -0.2) is 36.1 Å². The summed E-state index contributed by atoms with van der Waals surface area (Å²) in [6.45, 7) is 5.30. The molecule has 19 heavy (non-hydrogen) atoms. The van der Waals surface area contributed by atoms with Gasteiger partial charge in [0.25, 0.3) is 0 Å². The van der Waals surface area contributed by atoms with E-state index in [0.717, 1.165) is 0 Å². The minimum absolute atomic E-state index is 0.110. The van der Waals surface area contributed by atoms with E-state index in [9.17, 15) is 14.4 Å². The summed E-state index contributed by atoms with van der Waals surface area (Å²) in [4.78, 5) is 34.5. The molecule has 0 aliphatic carbocycles. The highest BCUT2D eigenvalue weighted by Crippen LogP contribution is 2.14. The molecule has 0 aliphatic heterocycles. The monoisotopic (exact) mass is 270 g/mol. The molecule has 109 valence electrons. The van der Waals surface area contributed by atoms with Gasteiger partial charge in [0.15, 0.2) is 11.3 Å². The van der Waals surface area contributed by atoms with Gasteiger partial charge in [-0.1, -0.05) is 13.8 Å². The van der Waals surface area contributed by atoms with E-state index in [2.05, 4.69) is 5.32 Å². The van der Waals surface area contributed by atoms with Gasteiger partial charge >= 0.3 is 0 Å². The second-order valence-electron chi connectivity index (χ2n) is 5.09. The van der Waals surface area contributed by atoms with Crippen molar-refractivity contribution in [2.75, 3.05) is 6.54 Å². The highest BCUT2D eigenvalue weighted by molar-refractivity contribution is 6.09. The van der Waals surface area contributed by atoms with Crippen molar-refractivity contribution in [1.29, 1.82) is 0 Å². The zero-order valence-electron chi connectivity index (χ0n) is 11.9. The number of carbonyl (C=O) groups is 2. The first-order chi connectivity index (χ1) is 8.79. The summed E-state index contributed by atoms with van der Waals surface area (Å²) in [6.07, 6.45) is 3.23. The van der Waals surface area contributed by atoms with Gasteiger partial charge in [0.2, 0.25) is 12.2 Å². The van der Waals surface area contributed by atoms with Crippen LogP contribution in [0.25, 0.3) is 0 Å². The van der Waals surface area contributed by atoms with E-state index in [4.69, 9.17) is 11.5 Å². The van der Waals surface area contributed by atoms with Crippen LogP contribution in [-0.2, 0) is 14.4 Å². The van der Waals surface area contributed by atoms with Crippen molar-refractivity contribution in [1.82, 2.24) is 5.32 Å². The smallest absolute Gasteiger partial charge is 0.248 e. The molecular formula is C13H24N3O3. The van der Waals surface area contributed by atoms with Gasteiger partial charge in [0, 0.05) is 0 Å². The first-order valence-electron chi connectivity index (χ1n) is 6.48. The van der Waals surface area contributed by atoms with Crippen LogP contribution >= 0.6 is 0 Å². The Morgan fingerprint density at radius 3 is 2.26 bits per heavy atom. The first-order valence-corrected chi connectivity index (χ1v) is 6.48. The lowest BCUT2D eigenvalue weighted by Gasteiger charge is -2.27. The third-order valence-electron chi connectivity index (χ3n) is 3.14. The van der Waals surface area contributed by atoms with Crippen molar-refractivity contribution in [3.63, 3.8) is 0 Å². The highest BCUT2D eigenvalue weighted by Gasteiger charge is 2.39. The van der Waals surface area contributed by atoms with Crippen LogP contribution in [0.1, 0.15) is 40.0 Å². The minimum atomic E-state index is -1.60. The molecule has 0 unspecified atom stereocenters. The van der Waals surface area contributed by atoms with Gasteiger partial charge in [-0.25, -0.2) is 0 Å². The lowest BCUT2D eigenvalue weighted by Crippen LogP contribution is -2.61. The van der Waals surface area contributed by atoms with Crippen molar-refractivity contribution >= 4 is 18.0 Å². The highest BCUT2D eigenvalue weighted by atomic mass is 16.2. The van der Waals surface area contributed by atoms with Crippen molar-refractivity contribution < 1.29 is 14.4 Å². The fourth-order valence-corrected chi connectivity index (χ4v) is 1.60. The number of nitrogens with two attached hydrogens (primary N) is 2. The standard InChI is InChI=1S/C13H24N3O3/c1-9(2)11(8-17)16-12(19)13(15,10(3)18)6-4-5-7-14/h9,11H,4-7,14-15H2,1-3H3,(H,16,19)/t11-,13-/m1/s1. The Hall–Kier alpha value is -1.27. The number of amides is 1. The van der Waals surface area contributed by atoms with E-state index in [1.165, 1.54) is 6.92 Å². The number of unbranched alkanes of at least 4 members (excludes halogenated alkanes) is 1. The second-order valence-corrected chi connectivity index (χ2v) is 5.09. The molecule has 2 atom stereocenters. The molecule has 6 nitrogen and oxygen atoms in total. The minimum Gasteiger partial charge on any atom is -0.344 e. The summed E-state index contributed by atoms with van der Waals surface area (Å²) in [5.41, 5.74) is 9.67. The summed E-state index contributed by atoms with van der Waals surface area (Å²) in [5.74, 6) is -1.16. The zero-order chi connectivity index (χ0) is 15.1. The average molecular weight is 270 g/mol. The van der Waals surface area contributed by atoms with E-state index >= 15 is 0 Å². The van der Waals surface area contributed by atoms with Crippen LogP contribution in [0.5, 0.6) is 0 Å². The van der Waals surface area contributed by atoms with Crippen LogP contribution < -0.4 is 16.8 Å². The van der Waals surface area contributed by atoms with E-state index < -0.39 is 23.3 Å². The van der Waals surface area contributed by atoms with Crippen LogP contribution in [0.4, 0.5) is 0 Å². The predicted octanol–water partition coefficient (Wildman–Crippen LogP) is -0.348. The van der Waals surface area contributed by atoms with E-state index in [1.807, 2.05) is 0 Å². The Balaban J connectivity index is 4.82. The molecule has 0 rings (SSSR count). The molecule has 5 N–H and O–H groups in total. The summed E-state index contributed by atoms with van der Waals surface area (Å²) in [5, 5.41) is 2.48. The SMILES string of the molecule is CC(=O)[C@](N)(CCCCN)C(=O)N[C@H]([C]=O)C(C)C. The van der Waals surface area contributed by atoms with Crippen molar-refractivity contribution in [2.45, 2.75) is 51.6 Å². The van der Waals surface area contributed by atoms with E-state index in [0.29, 0.717) is 19.4 Å². The van der Waals surface area contributed by atoms with Crippen molar-refractivity contribution in [3.8, 4) is 0 Å². The molecule has 0 saturated heterocycles. The summed E-state index contributed by atoms with van der Waals surface area (Å²) in [7, 11) is 0. The van der Waals surface area contributed by atoms with Crippen LogP contribution in [0.2, 0.25) is 0 Å². The number of rotatable bonds is 9. The Labute approximate surface area is 114 Å². The normalized spacial score (nSPS) is 15.7. The molecule has 6 heteroatoms. The summed E-state index contributed by atoms with van der Waals surface area (Å²) < 4.78 is 0. The quantitative estimate of drug-likeness (QED) is 0.391. The number of nitrogens with one attached hydrogen (secondary N) is 1. The van der Waals surface area contributed by atoms with Gasteiger partial charge < -0.3 is 16.8 Å². The molecule has 0 spiro atoms. The molecule has 0 aromatic rings. The Kier molecular flexibility index (Phi) is 7.48. The van der Waals surface area contributed by atoms with Gasteiger partial charge in [-0.2, -0.15) is 0 Å². The number of ketones is 1. The first kappa shape index (κ1) is 17.7. The third-order valence-corrected chi connectivity index (χ3v) is 3.14. The van der Waals surface area contributed by atoms with Gasteiger partial charge in [-0.3, -0.25) is 14.4 Å². The van der Waals surface area contributed by atoms with Crippen LogP contribution in [0.3, 0.4) is 0 Å². The molecule has 0 bridgehead atoms. The number of Topliss-reactive ketones (excluding diaryl/α,β-unsaturated/α-hetero) is 1. The maximum atomic E-state index is 12.1. The van der Waals surface area contributed by atoms with Crippen LogP contribution in [0.15, 0.2) is 0 Å². The molecule has 0 aliphatic rings. The van der Waals surface area contributed by atoms with Crippen molar-refractivity contribution in [2.24, 2.45) is 17.4 Å². The fraction of sp³-hybridized carbons (Fsp3) is 0.769. The topological polar surface area (TPSA) is 115 Å². The summed E-state index contributed by atoms with van der Waals surface area (Å²) >= 11 is 0. The van der Waals surface area contributed by atoms with E-state index in [-0.39, 0.29) is 12.3 Å². The van der Waals surface area contributed by atoms with Crippen LogP contribution in [0, 0.1) is 5.92 Å². The maximum absolute atomic E-state index is 12.1. The molecular weight excluding hydrogens is 246 g/mol. The molecule has 0 heterocycles. The second kappa shape index (κ2) is 8.01. The molecule has 0 aromatic carbocycles. The van der Waals surface area contributed by atoms with Gasteiger partial charge in [0.1, 0.15) is 0 Å². The number of hydrogen-bond acceptors (Lipinski definition) is 5. The number of hydrogen-bond donors (Lipinski definition) is 3. The molecule has 0 saturated carbocycles. The van der Waals surface area contributed by atoms with Crippen molar-refractivity contribution in [3.05, 3.63) is 0 Å². The Morgan fingerprint density at radius 2 is 1.89 bits per heavy atom. The molecule has 0 fully saturated rings. The van der Waals surface area contributed by atoms with E-state index in [1.54, 1.807) is 20.1 Å². The zero-order valence-corrected chi connectivity index (χ0v) is 11.9. The third kappa shape index (κ3) is 5.08. The lowest BCUT2D eigenvalue weighted by atomic mass is 9.88. The largest absolute Gasteiger partial charge is 0.344 e. The Bertz CT molecular complexity index is 331. The van der Waals surface area contributed by atoms with Gasteiger partial charge in [0.05, 0.1) is 6.04 Å². The summed E-state index contributed by atoms with van der Waals surface area (Å²) in [6, 6.07) is -0.760. The fourth-order valence-electron chi connectivity index (χ4n) is 1.60. The lowest BCUT2D eigenvalue weighted by molar-refractivity contribution is -0.135.